The molecule has 2 saturated heterocycles. The Kier molecular flexibility index (Phi) is 4.94. The second-order valence-corrected chi connectivity index (χ2v) is 7.93. The number of fused-ring (bicyclic) bond motifs is 1. The minimum Gasteiger partial charge on any atom is -0.381 e. The van der Waals surface area contributed by atoms with Gasteiger partial charge in [-0.2, -0.15) is 0 Å². The van der Waals surface area contributed by atoms with E-state index in [-0.39, 0.29) is 0 Å². The Hall–Kier alpha value is -1.27. The first-order chi connectivity index (χ1) is 11.8. The predicted molar refractivity (Wildman–Crippen MR) is 96.9 cm³/mol. The highest BCUT2D eigenvalue weighted by atomic mass is 32.1. The quantitative estimate of drug-likeness (QED) is 0.835. The molecule has 0 unspecified atom stereocenters. The van der Waals surface area contributed by atoms with Gasteiger partial charge in [0.2, 0.25) is 0 Å². The lowest BCUT2D eigenvalue weighted by atomic mass is 9.89. The fourth-order valence-electron chi connectivity index (χ4n) is 4.29. The van der Waals surface area contributed by atoms with E-state index in [2.05, 4.69) is 44.4 Å². The number of rotatable bonds is 5. The number of hydrogen-bond acceptors (Lipinski definition) is 5. The van der Waals surface area contributed by atoms with E-state index in [4.69, 9.17) is 4.74 Å². The molecule has 0 radical (unpaired) electrons. The van der Waals surface area contributed by atoms with Crippen molar-refractivity contribution in [1.82, 2.24) is 14.8 Å². The summed E-state index contributed by atoms with van der Waals surface area (Å²) in [5, 5.41) is 2.18. The summed E-state index contributed by atoms with van der Waals surface area (Å²) in [6.45, 7) is 5.50. The molecule has 0 saturated carbocycles. The van der Waals surface area contributed by atoms with Gasteiger partial charge >= 0.3 is 0 Å². The molecule has 4 rings (SSSR count). The van der Waals surface area contributed by atoms with Gasteiger partial charge in [0, 0.05) is 69.1 Å². The second-order valence-electron chi connectivity index (χ2n) is 6.89. The van der Waals surface area contributed by atoms with E-state index in [0.29, 0.717) is 18.1 Å². The van der Waals surface area contributed by atoms with Crippen LogP contribution in [0, 0.1) is 5.92 Å². The van der Waals surface area contributed by atoms with E-state index < -0.39 is 0 Å². The molecule has 0 spiro atoms. The molecule has 4 heterocycles. The Morgan fingerprint density at radius 3 is 2.83 bits per heavy atom. The first-order valence-electron chi connectivity index (χ1n) is 8.74. The van der Waals surface area contributed by atoms with Crippen LogP contribution in [0.25, 0.3) is 0 Å². The van der Waals surface area contributed by atoms with E-state index in [1.54, 1.807) is 0 Å². The Labute approximate surface area is 148 Å². The van der Waals surface area contributed by atoms with Gasteiger partial charge in [-0.05, 0) is 35.6 Å². The molecule has 2 aliphatic heterocycles. The molecule has 2 aromatic rings. The lowest BCUT2D eigenvalue weighted by Gasteiger charge is -2.41. The molecule has 128 valence electrons. The van der Waals surface area contributed by atoms with Crippen molar-refractivity contribution in [2.75, 3.05) is 26.7 Å². The Balaban J connectivity index is 1.47. The van der Waals surface area contributed by atoms with Crippen LogP contribution >= 0.6 is 11.3 Å². The monoisotopic (exact) mass is 343 g/mol. The Morgan fingerprint density at radius 1 is 1.21 bits per heavy atom. The van der Waals surface area contributed by atoms with Crippen LogP contribution in [0.15, 0.2) is 42.0 Å². The molecule has 2 aliphatic rings. The topological polar surface area (TPSA) is 28.6 Å². The minimum atomic E-state index is 0.400. The lowest BCUT2D eigenvalue weighted by Crippen LogP contribution is -2.50. The highest BCUT2D eigenvalue weighted by Crippen LogP contribution is 2.34. The van der Waals surface area contributed by atoms with Crippen LogP contribution in [-0.4, -0.2) is 53.7 Å². The zero-order valence-electron chi connectivity index (χ0n) is 14.2. The molecule has 0 bridgehead atoms. The lowest BCUT2D eigenvalue weighted by molar-refractivity contribution is -0.0242. The van der Waals surface area contributed by atoms with Crippen molar-refractivity contribution in [3.8, 4) is 0 Å². The van der Waals surface area contributed by atoms with Gasteiger partial charge in [0.05, 0.1) is 6.10 Å². The van der Waals surface area contributed by atoms with Crippen LogP contribution in [0.2, 0.25) is 0 Å². The van der Waals surface area contributed by atoms with Gasteiger partial charge in [0.25, 0.3) is 0 Å². The molecular formula is C19H25N3OS. The molecular weight excluding hydrogens is 318 g/mol. The minimum absolute atomic E-state index is 0.400. The average molecular weight is 343 g/mol. The molecule has 5 heteroatoms. The van der Waals surface area contributed by atoms with E-state index in [1.165, 1.54) is 10.4 Å². The van der Waals surface area contributed by atoms with Gasteiger partial charge in [-0.3, -0.25) is 14.8 Å². The maximum absolute atomic E-state index is 5.83. The maximum atomic E-state index is 5.83. The molecule has 3 atom stereocenters. The third-order valence-corrected chi connectivity index (χ3v) is 6.31. The van der Waals surface area contributed by atoms with Gasteiger partial charge in [0.1, 0.15) is 0 Å². The summed E-state index contributed by atoms with van der Waals surface area (Å²) < 4.78 is 5.83. The van der Waals surface area contributed by atoms with E-state index in [1.807, 2.05) is 30.8 Å². The fraction of sp³-hybridized carbons (Fsp3) is 0.526. The summed E-state index contributed by atoms with van der Waals surface area (Å²) in [6, 6.07) is 9.26. The van der Waals surface area contributed by atoms with Gasteiger partial charge in [-0.15, -0.1) is 11.3 Å². The van der Waals surface area contributed by atoms with Crippen LogP contribution in [0.3, 0.4) is 0 Å². The number of nitrogens with zero attached hydrogens (tertiary/aromatic N) is 3. The molecule has 0 N–H and O–H groups in total. The third kappa shape index (κ3) is 3.40. The van der Waals surface area contributed by atoms with Crippen molar-refractivity contribution < 1.29 is 4.74 Å². The maximum Gasteiger partial charge on any atom is 0.0639 e. The van der Waals surface area contributed by atoms with Crippen molar-refractivity contribution in [1.29, 1.82) is 0 Å². The zero-order valence-corrected chi connectivity index (χ0v) is 15.0. The first-order valence-corrected chi connectivity index (χ1v) is 9.62. The number of aromatic nitrogens is 1. The summed E-state index contributed by atoms with van der Waals surface area (Å²) in [5.74, 6) is 0.616. The SMILES string of the molecule is CO[C@@H]1CCN(Cc2cccs2)[C@H]2CN(Cc3ccncc3)C[C@@H]12. The number of pyridine rings is 1. The highest BCUT2D eigenvalue weighted by Gasteiger charge is 2.44. The average Bonchev–Trinajstić information content (AvgIpc) is 3.26. The number of ether oxygens (including phenoxy) is 1. The largest absolute Gasteiger partial charge is 0.381 e. The summed E-state index contributed by atoms with van der Waals surface area (Å²) >= 11 is 1.87. The molecule has 4 nitrogen and oxygen atoms in total. The summed E-state index contributed by atoms with van der Waals surface area (Å²) in [4.78, 5) is 10.9. The van der Waals surface area contributed by atoms with Gasteiger partial charge in [-0.25, -0.2) is 0 Å². The predicted octanol–water partition coefficient (Wildman–Crippen LogP) is 2.86. The van der Waals surface area contributed by atoms with E-state index in [9.17, 15) is 0 Å². The Morgan fingerprint density at radius 2 is 2.08 bits per heavy atom. The van der Waals surface area contributed by atoms with E-state index >= 15 is 0 Å². The van der Waals surface area contributed by atoms with Crippen LogP contribution in [0.1, 0.15) is 16.9 Å². The van der Waals surface area contributed by atoms with Crippen molar-refractivity contribution >= 4 is 11.3 Å². The van der Waals surface area contributed by atoms with Crippen molar-refractivity contribution in [3.63, 3.8) is 0 Å². The highest BCUT2D eigenvalue weighted by molar-refractivity contribution is 7.09. The van der Waals surface area contributed by atoms with Crippen LogP contribution in [-0.2, 0) is 17.8 Å². The van der Waals surface area contributed by atoms with Crippen LogP contribution < -0.4 is 0 Å². The Bertz CT molecular complexity index is 633. The number of thiophene rings is 1. The number of hydrogen-bond donors (Lipinski definition) is 0. The molecule has 0 amide bonds. The van der Waals surface area contributed by atoms with Gasteiger partial charge in [0.15, 0.2) is 0 Å². The molecule has 0 aliphatic carbocycles. The van der Waals surface area contributed by atoms with Crippen LogP contribution in [0.4, 0.5) is 0 Å². The normalized spacial score (nSPS) is 28.1. The molecule has 2 aromatic heterocycles. The second kappa shape index (κ2) is 7.31. The fourth-order valence-corrected chi connectivity index (χ4v) is 5.02. The van der Waals surface area contributed by atoms with Crippen molar-refractivity contribution in [2.24, 2.45) is 5.92 Å². The molecule has 0 aromatic carbocycles. The summed E-state index contributed by atoms with van der Waals surface area (Å²) in [7, 11) is 1.88. The number of methoxy groups -OCH3 is 1. The molecule has 2 fully saturated rings. The molecule has 24 heavy (non-hydrogen) atoms. The van der Waals surface area contributed by atoms with E-state index in [0.717, 1.165) is 39.1 Å². The standard InChI is InChI=1S/C19H25N3OS/c1-23-19-6-9-22(12-16-3-2-10-24-16)18-14-21(13-17(18)19)11-15-4-7-20-8-5-15/h2-5,7-8,10,17-19H,6,9,11-14H2,1H3/t17-,18+,19-/m1/s1. The third-order valence-electron chi connectivity index (χ3n) is 5.45. The number of piperidine rings is 1. The zero-order chi connectivity index (χ0) is 16.4. The van der Waals surface area contributed by atoms with Gasteiger partial charge < -0.3 is 4.74 Å². The smallest absolute Gasteiger partial charge is 0.0639 e. The summed E-state index contributed by atoms with van der Waals surface area (Å²) in [5.41, 5.74) is 1.35. The first kappa shape index (κ1) is 16.2. The summed E-state index contributed by atoms with van der Waals surface area (Å²) in [6.07, 6.45) is 5.32. The van der Waals surface area contributed by atoms with Crippen LogP contribution in [0.5, 0.6) is 0 Å². The van der Waals surface area contributed by atoms with Crippen molar-refractivity contribution in [2.45, 2.75) is 31.7 Å². The van der Waals surface area contributed by atoms with Gasteiger partial charge in [-0.1, -0.05) is 6.07 Å². The van der Waals surface area contributed by atoms with Crippen molar-refractivity contribution in [3.05, 3.63) is 52.5 Å². The number of likely N-dealkylation sites (tertiary alicyclic amines) is 2.